The molecule has 1 amide bonds. The second kappa shape index (κ2) is 7.06. The van der Waals surface area contributed by atoms with Gasteiger partial charge in [-0.2, -0.15) is 0 Å². The summed E-state index contributed by atoms with van der Waals surface area (Å²) in [6.45, 7) is 5.35. The van der Waals surface area contributed by atoms with Crippen LogP contribution in [0.2, 0.25) is 0 Å². The summed E-state index contributed by atoms with van der Waals surface area (Å²) >= 11 is 1.54. The van der Waals surface area contributed by atoms with Gasteiger partial charge in [-0.05, 0) is 57.0 Å². The summed E-state index contributed by atoms with van der Waals surface area (Å²) in [7, 11) is -3.65. The molecule has 2 aromatic rings. The van der Waals surface area contributed by atoms with E-state index in [9.17, 15) is 13.2 Å². The van der Waals surface area contributed by atoms with Gasteiger partial charge in [-0.3, -0.25) is 4.79 Å². The maximum atomic E-state index is 12.6. The zero-order valence-corrected chi connectivity index (χ0v) is 16.6. The number of carbonyl (C=O) groups excluding carboxylic acids is 1. The number of anilines is 1. The molecule has 138 valence electrons. The van der Waals surface area contributed by atoms with Crippen molar-refractivity contribution in [2.75, 3.05) is 5.32 Å². The van der Waals surface area contributed by atoms with Gasteiger partial charge in [0.25, 0.3) is 0 Å². The lowest BCUT2D eigenvalue weighted by Gasteiger charge is -2.20. The fourth-order valence-electron chi connectivity index (χ4n) is 2.75. The summed E-state index contributed by atoms with van der Waals surface area (Å²) in [6, 6.07) is 14.3. The molecule has 5 nitrogen and oxygen atoms in total. The van der Waals surface area contributed by atoms with Gasteiger partial charge in [0.05, 0.1) is 10.1 Å². The number of amides is 1. The van der Waals surface area contributed by atoms with Crippen molar-refractivity contribution in [3.05, 3.63) is 54.1 Å². The molecular weight excluding hydrogens is 368 g/mol. The number of thioether (sulfide) groups is 1. The zero-order valence-electron chi connectivity index (χ0n) is 14.9. The van der Waals surface area contributed by atoms with Gasteiger partial charge in [0.15, 0.2) is 0 Å². The monoisotopic (exact) mass is 390 g/mol. The molecule has 0 saturated heterocycles. The molecule has 0 spiro atoms. The Morgan fingerprint density at radius 3 is 2.54 bits per heavy atom. The number of hydrogen-bond donors (Lipinski definition) is 2. The predicted octanol–water partition coefficient (Wildman–Crippen LogP) is 3.42. The van der Waals surface area contributed by atoms with Gasteiger partial charge < -0.3 is 5.32 Å². The molecule has 1 atom stereocenters. The van der Waals surface area contributed by atoms with Crippen molar-refractivity contribution in [2.45, 2.75) is 47.8 Å². The van der Waals surface area contributed by atoms with Gasteiger partial charge >= 0.3 is 0 Å². The molecule has 0 saturated carbocycles. The number of benzene rings is 2. The van der Waals surface area contributed by atoms with Gasteiger partial charge in [-0.25, -0.2) is 13.1 Å². The Hall–Kier alpha value is -1.83. The molecule has 2 N–H and O–H groups in total. The van der Waals surface area contributed by atoms with E-state index in [0.29, 0.717) is 12.1 Å². The topological polar surface area (TPSA) is 75.3 Å². The van der Waals surface area contributed by atoms with Crippen LogP contribution in [-0.2, 0) is 21.2 Å². The highest BCUT2D eigenvalue weighted by Gasteiger charge is 2.28. The lowest BCUT2D eigenvalue weighted by molar-refractivity contribution is -0.115. The maximum absolute atomic E-state index is 12.6. The molecule has 1 aliphatic rings. The van der Waals surface area contributed by atoms with E-state index >= 15 is 0 Å². The molecule has 0 aliphatic carbocycles. The fraction of sp³-hybridized carbons (Fsp3) is 0.316. The van der Waals surface area contributed by atoms with E-state index in [2.05, 4.69) is 10.0 Å². The summed E-state index contributed by atoms with van der Waals surface area (Å²) in [4.78, 5) is 13.8. The quantitative estimate of drug-likeness (QED) is 0.839. The normalized spacial score (nSPS) is 17.0. The minimum atomic E-state index is -3.65. The maximum Gasteiger partial charge on any atom is 0.241 e. The van der Waals surface area contributed by atoms with Gasteiger partial charge in [-0.15, -0.1) is 11.8 Å². The molecule has 1 heterocycles. The van der Waals surface area contributed by atoms with Gasteiger partial charge in [0.2, 0.25) is 15.9 Å². The van der Waals surface area contributed by atoms with Crippen LogP contribution < -0.4 is 10.0 Å². The van der Waals surface area contributed by atoms with Crippen molar-refractivity contribution >= 4 is 33.4 Å². The fourth-order valence-corrected chi connectivity index (χ4v) is 5.41. The number of fused-ring (bicyclic) bond motifs is 1. The summed E-state index contributed by atoms with van der Waals surface area (Å²) in [6.07, 6.45) is 0.677. The van der Waals surface area contributed by atoms with Crippen LogP contribution >= 0.6 is 11.8 Å². The van der Waals surface area contributed by atoms with Crippen molar-refractivity contribution in [2.24, 2.45) is 0 Å². The summed E-state index contributed by atoms with van der Waals surface area (Å²) in [5.74, 6) is -0.121. The van der Waals surface area contributed by atoms with E-state index in [-0.39, 0.29) is 16.1 Å². The van der Waals surface area contributed by atoms with Crippen LogP contribution in [-0.4, -0.2) is 25.1 Å². The average Bonchev–Trinajstić information content (AvgIpc) is 2.97. The van der Waals surface area contributed by atoms with E-state index in [1.165, 1.54) is 29.5 Å². The van der Waals surface area contributed by atoms with Crippen molar-refractivity contribution in [1.82, 2.24) is 4.72 Å². The first kappa shape index (κ1) is 18.9. The lowest BCUT2D eigenvalue weighted by atomic mass is 10.1. The van der Waals surface area contributed by atoms with E-state index in [1.54, 1.807) is 32.9 Å². The van der Waals surface area contributed by atoms with E-state index in [4.69, 9.17) is 0 Å². The standard InChI is InChI=1S/C19H22N2O3S2/c1-19(2,3)21-26(23,24)15-9-6-8-14(12-15)20-18(22)17-11-13-7-4-5-10-16(13)25-17/h4-10,12,17,21H,11H2,1-3H3,(H,20,22). The Bertz CT molecular complexity index is 909. The second-order valence-electron chi connectivity index (χ2n) is 7.29. The highest BCUT2D eigenvalue weighted by molar-refractivity contribution is 8.01. The first-order valence-corrected chi connectivity index (χ1v) is 10.7. The molecule has 0 bridgehead atoms. The smallest absolute Gasteiger partial charge is 0.241 e. The van der Waals surface area contributed by atoms with Crippen LogP contribution in [0.5, 0.6) is 0 Å². The molecule has 0 fully saturated rings. The molecule has 2 aromatic carbocycles. The SMILES string of the molecule is CC(C)(C)NS(=O)(=O)c1cccc(NC(=O)C2Cc3ccccc3S2)c1. The van der Waals surface area contributed by atoms with E-state index in [0.717, 1.165) is 4.90 Å². The minimum absolute atomic E-state index is 0.121. The number of carbonyl (C=O) groups is 1. The second-order valence-corrected chi connectivity index (χ2v) is 10.2. The molecule has 3 rings (SSSR count). The molecular formula is C19H22N2O3S2. The van der Waals surface area contributed by atoms with E-state index < -0.39 is 15.6 Å². The third-order valence-electron chi connectivity index (χ3n) is 3.79. The highest BCUT2D eigenvalue weighted by atomic mass is 32.2. The highest BCUT2D eigenvalue weighted by Crippen LogP contribution is 2.37. The van der Waals surface area contributed by atoms with Crippen molar-refractivity contribution < 1.29 is 13.2 Å². The minimum Gasteiger partial charge on any atom is -0.325 e. The summed E-state index contributed by atoms with van der Waals surface area (Å²) in [5.41, 5.74) is 1.07. The third-order valence-corrected chi connectivity index (χ3v) is 6.87. The Kier molecular flexibility index (Phi) is 5.14. The van der Waals surface area contributed by atoms with Crippen LogP contribution in [0.1, 0.15) is 26.3 Å². The van der Waals surface area contributed by atoms with Crippen LogP contribution in [0, 0.1) is 0 Å². The van der Waals surface area contributed by atoms with Gasteiger partial charge in [0, 0.05) is 16.1 Å². The van der Waals surface area contributed by atoms with Crippen LogP contribution in [0.4, 0.5) is 5.69 Å². The van der Waals surface area contributed by atoms with Crippen molar-refractivity contribution in [1.29, 1.82) is 0 Å². The summed E-state index contributed by atoms with van der Waals surface area (Å²) in [5, 5.41) is 2.63. The number of rotatable bonds is 4. The largest absolute Gasteiger partial charge is 0.325 e. The molecule has 26 heavy (non-hydrogen) atoms. The molecule has 0 radical (unpaired) electrons. The van der Waals surface area contributed by atoms with Crippen LogP contribution in [0.3, 0.4) is 0 Å². The van der Waals surface area contributed by atoms with E-state index in [1.807, 2.05) is 24.3 Å². The van der Waals surface area contributed by atoms with Gasteiger partial charge in [-0.1, -0.05) is 24.3 Å². The van der Waals surface area contributed by atoms with Crippen molar-refractivity contribution in [3.63, 3.8) is 0 Å². The van der Waals surface area contributed by atoms with Gasteiger partial charge in [0.1, 0.15) is 0 Å². The first-order chi connectivity index (χ1) is 12.1. The molecule has 1 aliphatic heterocycles. The number of hydrogen-bond acceptors (Lipinski definition) is 4. The molecule has 0 aromatic heterocycles. The van der Waals surface area contributed by atoms with Crippen LogP contribution in [0.15, 0.2) is 58.3 Å². The zero-order chi connectivity index (χ0) is 18.9. The average molecular weight is 391 g/mol. The van der Waals surface area contributed by atoms with Crippen LogP contribution in [0.25, 0.3) is 0 Å². The lowest BCUT2D eigenvalue weighted by Crippen LogP contribution is -2.40. The Balaban J connectivity index is 1.73. The van der Waals surface area contributed by atoms with Crippen molar-refractivity contribution in [3.8, 4) is 0 Å². The third kappa shape index (κ3) is 4.47. The Morgan fingerprint density at radius 1 is 1.12 bits per heavy atom. The first-order valence-electron chi connectivity index (χ1n) is 8.33. The number of sulfonamides is 1. The molecule has 1 unspecified atom stereocenters. The predicted molar refractivity (Wildman–Crippen MR) is 105 cm³/mol. The Morgan fingerprint density at radius 2 is 1.85 bits per heavy atom. The Labute approximate surface area is 158 Å². The molecule has 7 heteroatoms. The number of nitrogens with one attached hydrogen (secondary N) is 2. The summed E-state index contributed by atoms with van der Waals surface area (Å²) < 4.78 is 27.5.